The summed E-state index contributed by atoms with van der Waals surface area (Å²) in [6, 6.07) is 8.27. The molecule has 3 rings (SSSR count). The number of aromatic nitrogens is 2. The molecule has 1 aliphatic heterocycles. The predicted octanol–water partition coefficient (Wildman–Crippen LogP) is 4.00. The molecule has 0 unspecified atom stereocenters. The van der Waals surface area contributed by atoms with E-state index in [4.69, 9.17) is 4.74 Å². The minimum Gasteiger partial charge on any atom is -0.444 e. The second-order valence-electron chi connectivity index (χ2n) is 7.68. The fourth-order valence-corrected chi connectivity index (χ4v) is 3.26. The third-order valence-corrected chi connectivity index (χ3v) is 4.52. The zero-order valence-electron chi connectivity index (χ0n) is 15.8. The maximum Gasteiger partial charge on any atom is 0.410 e. The Morgan fingerprint density at radius 3 is 2.63 bits per heavy atom. The number of carbonyl (C=O) groups is 1. The molecule has 0 N–H and O–H groups in total. The van der Waals surface area contributed by atoms with Gasteiger partial charge in [-0.05, 0) is 51.8 Å². The van der Waals surface area contributed by atoms with Crippen molar-refractivity contribution < 1.29 is 13.9 Å². The largest absolute Gasteiger partial charge is 0.444 e. The van der Waals surface area contributed by atoms with Crippen molar-refractivity contribution in [2.75, 3.05) is 13.1 Å². The lowest BCUT2D eigenvalue weighted by Crippen LogP contribution is -2.41. The van der Waals surface area contributed by atoms with Gasteiger partial charge in [0.25, 0.3) is 0 Å². The molecule has 0 atom stereocenters. The summed E-state index contributed by atoms with van der Waals surface area (Å²) in [7, 11) is 0. The van der Waals surface area contributed by atoms with Gasteiger partial charge in [0.1, 0.15) is 29.5 Å². The number of ether oxygens (including phenoxy) is 1. The van der Waals surface area contributed by atoms with Crippen LogP contribution in [0.1, 0.15) is 50.9 Å². The van der Waals surface area contributed by atoms with Crippen LogP contribution in [0.4, 0.5) is 9.18 Å². The van der Waals surface area contributed by atoms with Crippen LogP contribution in [0.2, 0.25) is 0 Å². The van der Waals surface area contributed by atoms with Crippen molar-refractivity contribution in [3.8, 4) is 11.8 Å². The fraction of sp³-hybridized carbons (Fsp3) is 0.450. The molecule has 1 fully saturated rings. The first-order valence-corrected chi connectivity index (χ1v) is 8.99. The van der Waals surface area contributed by atoms with Crippen LogP contribution in [0.3, 0.4) is 0 Å². The summed E-state index contributed by atoms with van der Waals surface area (Å²) < 4.78 is 20.5. The Balaban J connectivity index is 1.74. The summed E-state index contributed by atoms with van der Waals surface area (Å²) in [4.78, 5) is 18.3. The average molecular weight is 370 g/mol. The second-order valence-corrected chi connectivity index (χ2v) is 7.68. The summed E-state index contributed by atoms with van der Waals surface area (Å²) in [5, 5.41) is 9.63. The first kappa shape index (κ1) is 18.9. The van der Waals surface area contributed by atoms with Crippen LogP contribution < -0.4 is 0 Å². The normalized spacial score (nSPS) is 15.4. The van der Waals surface area contributed by atoms with E-state index >= 15 is 0 Å². The van der Waals surface area contributed by atoms with E-state index in [1.54, 1.807) is 27.9 Å². The van der Waals surface area contributed by atoms with Crippen molar-refractivity contribution in [1.82, 2.24) is 14.5 Å². The monoisotopic (exact) mass is 370 g/mol. The number of imidazole rings is 1. The lowest BCUT2D eigenvalue weighted by Gasteiger charge is -2.33. The number of benzene rings is 1. The molecule has 0 bridgehead atoms. The molecule has 7 heteroatoms. The van der Waals surface area contributed by atoms with Gasteiger partial charge in [0.05, 0.1) is 11.4 Å². The van der Waals surface area contributed by atoms with Gasteiger partial charge in [0.15, 0.2) is 0 Å². The summed E-state index contributed by atoms with van der Waals surface area (Å²) in [6.07, 6.45) is 2.65. The lowest BCUT2D eigenvalue weighted by atomic mass is 9.92. The SMILES string of the molecule is CC(C)(C)OC(=O)N1CCC(c2ncn(-c3cccc(F)c3)c2C#N)CC1. The van der Waals surface area contributed by atoms with Crippen LogP contribution in [0, 0.1) is 17.1 Å². The van der Waals surface area contributed by atoms with Crippen molar-refractivity contribution in [2.24, 2.45) is 0 Å². The van der Waals surface area contributed by atoms with E-state index in [0.717, 1.165) is 0 Å². The van der Waals surface area contributed by atoms with Crippen LogP contribution in [0.5, 0.6) is 0 Å². The quantitative estimate of drug-likeness (QED) is 0.801. The summed E-state index contributed by atoms with van der Waals surface area (Å²) in [5.74, 6) is -0.287. The van der Waals surface area contributed by atoms with E-state index in [1.165, 1.54) is 12.1 Å². The van der Waals surface area contributed by atoms with Crippen LogP contribution in [-0.4, -0.2) is 39.2 Å². The molecule has 2 aromatic rings. The molecular formula is C20H23FN4O2. The van der Waals surface area contributed by atoms with Crippen LogP contribution in [0.15, 0.2) is 30.6 Å². The molecule has 27 heavy (non-hydrogen) atoms. The van der Waals surface area contributed by atoms with Crippen LogP contribution >= 0.6 is 0 Å². The predicted molar refractivity (Wildman–Crippen MR) is 98.0 cm³/mol. The highest BCUT2D eigenvalue weighted by Gasteiger charge is 2.30. The summed E-state index contributed by atoms with van der Waals surface area (Å²) in [6.45, 7) is 6.64. The van der Waals surface area contributed by atoms with Gasteiger partial charge >= 0.3 is 6.09 Å². The van der Waals surface area contributed by atoms with Crippen molar-refractivity contribution in [3.63, 3.8) is 0 Å². The molecular weight excluding hydrogens is 347 g/mol. The Hall–Kier alpha value is -2.88. The maximum atomic E-state index is 13.5. The van der Waals surface area contributed by atoms with Crippen molar-refractivity contribution in [2.45, 2.75) is 45.1 Å². The highest BCUT2D eigenvalue weighted by Crippen LogP contribution is 2.31. The van der Waals surface area contributed by atoms with Crippen LogP contribution in [0.25, 0.3) is 5.69 Å². The summed E-state index contributed by atoms with van der Waals surface area (Å²) in [5.41, 5.74) is 1.16. The Morgan fingerprint density at radius 1 is 1.33 bits per heavy atom. The highest BCUT2D eigenvalue weighted by molar-refractivity contribution is 5.68. The summed E-state index contributed by atoms with van der Waals surface area (Å²) >= 11 is 0. The smallest absolute Gasteiger partial charge is 0.410 e. The first-order valence-electron chi connectivity index (χ1n) is 8.99. The lowest BCUT2D eigenvalue weighted by molar-refractivity contribution is 0.0204. The van der Waals surface area contributed by atoms with Gasteiger partial charge in [-0.3, -0.25) is 4.57 Å². The van der Waals surface area contributed by atoms with Gasteiger partial charge in [-0.15, -0.1) is 0 Å². The Bertz CT molecular complexity index is 871. The van der Waals surface area contributed by atoms with Crippen molar-refractivity contribution in [3.05, 3.63) is 47.8 Å². The van der Waals surface area contributed by atoms with E-state index in [1.807, 2.05) is 20.8 Å². The molecule has 0 radical (unpaired) electrons. The second kappa shape index (κ2) is 7.39. The van der Waals surface area contributed by atoms with Crippen molar-refractivity contribution >= 4 is 6.09 Å². The Morgan fingerprint density at radius 2 is 2.04 bits per heavy atom. The van der Waals surface area contributed by atoms with Crippen molar-refractivity contribution in [1.29, 1.82) is 5.26 Å². The minimum atomic E-state index is -0.522. The molecule has 1 saturated heterocycles. The number of carbonyl (C=O) groups excluding carboxylic acids is 1. The number of hydrogen-bond acceptors (Lipinski definition) is 4. The number of nitriles is 1. The average Bonchev–Trinajstić information content (AvgIpc) is 3.04. The Kier molecular flexibility index (Phi) is 5.17. The topological polar surface area (TPSA) is 71.2 Å². The highest BCUT2D eigenvalue weighted by atomic mass is 19.1. The molecule has 1 aliphatic rings. The van der Waals surface area contributed by atoms with Gasteiger partial charge in [0, 0.05) is 19.0 Å². The first-order chi connectivity index (χ1) is 12.8. The number of hydrogen-bond donors (Lipinski definition) is 0. The number of nitrogens with zero attached hydrogens (tertiary/aromatic N) is 4. The van der Waals surface area contributed by atoms with E-state index in [9.17, 15) is 14.4 Å². The van der Waals surface area contributed by atoms with Gasteiger partial charge in [-0.2, -0.15) is 5.26 Å². The number of rotatable bonds is 2. The molecule has 0 saturated carbocycles. The maximum absolute atomic E-state index is 13.5. The zero-order chi connectivity index (χ0) is 19.6. The standard InChI is InChI=1S/C20H23FN4O2/c1-20(2,3)27-19(26)24-9-7-14(8-10-24)18-17(12-22)25(13-23-18)16-6-4-5-15(21)11-16/h4-6,11,13-14H,7-10H2,1-3H3. The van der Waals surface area contributed by atoms with E-state index in [0.29, 0.717) is 43.0 Å². The third-order valence-electron chi connectivity index (χ3n) is 4.52. The molecule has 2 heterocycles. The molecule has 1 amide bonds. The fourth-order valence-electron chi connectivity index (χ4n) is 3.26. The zero-order valence-corrected chi connectivity index (χ0v) is 15.8. The van der Waals surface area contributed by atoms with Crippen LogP contribution in [-0.2, 0) is 4.74 Å². The number of amides is 1. The Labute approximate surface area is 158 Å². The molecule has 0 aliphatic carbocycles. The minimum absolute atomic E-state index is 0.0770. The van der Waals surface area contributed by atoms with E-state index in [2.05, 4.69) is 11.1 Å². The molecule has 142 valence electrons. The van der Waals surface area contributed by atoms with Gasteiger partial charge < -0.3 is 9.64 Å². The third kappa shape index (κ3) is 4.27. The van der Waals surface area contributed by atoms with Gasteiger partial charge in [-0.1, -0.05) is 6.07 Å². The molecule has 6 nitrogen and oxygen atoms in total. The number of likely N-dealkylation sites (tertiary alicyclic amines) is 1. The molecule has 1 aromatic carbocycles. The van der Waals surface area contributed by atoms with E-state index in [-0.39, 0.29) is 17.8 Å². The van der Waals surface area contributed by atoms with Gasteiger partial charge in [0.2, 0.25) is 0 Å². The molecule has 1 aromatic heterocycles. The number of halogens is 1. The molecule has 0 spiro atoms. The van der Waals surface area contributed by atoms with E-state index < -0.39 is 5.60 Å². The van der Waals surface area contributed by atoms with Gasteiger partial charge in [-0.25, -0.2) is 14.2 Å². The number of piperidine rings is 1.